The van der Waals surface area contributed by atoms with Gasteiger partial charge in [0.1, 0.15) is 12.6 Å². The molecule has 5 heteroatoms. The lowest BCUT2D eigenvalue weighted by atomic mass is 9.98. The van der Waals surface area contributed by atoms with Gasteiger partial charge >= 0.3 is 6.09 Å². The van der Waals surface area contributed by atoms with Gasteiger partial charge in [0.2, 0.25) is 5.24 Å². The molecular formula is C22H22ClNO3. The first-order valence-electron chi connectivity index (χ1n) is 8.81. The van der Waals surface area contributed by atoms with Crippen LogP contribution < -0.4 is 0 Å². The summed E-state index contributed by atoms with van der Waals surface area (Å²) in [5.74, 6) is -0.0268. The highest BCUT2D eigenvalue weighted by atomic mass is 35.5. The third-order valence-corrected chi connectivity index (χ3v) is 5.15. The van der Waals surface area contributed by atoms with E-state index in [1.165, 1.54) is 23.1 Å². The monoisotopic (exact) mass is 383 g/mol. The van der Waals surface area contributed by atoms with E-state index in [0.29, 0.717) is 6.42 Å². The SMILES string of the molecule is C=C(C)C[C@@H](C(=O)Cl)N(C)C(=O)OCC1c2ccccc2-c2ccccc21. The van der Waals surface area contributed by atoms with Crippen molar-refractivity contribution >= 4 is 22.9 Å². The number of hydrogen-bond acceptors (Lipinski definition) is 3. The Bertz CT molecular complexity index is 847. The second-order valence-electron chi connectivity index (χ2n) is 6.90. The van der Waals surface area contributed by atoms with Gasteiger partial charge in [-0.25, -0.2) is 4.79 Å². The fourth-order valence-corrected chi connectivity index (χ4v) is 3.75. The number of ether oxygens (including phenoxy) is 1. The molecule has 0 N–H and O–H groups in total. The molecule has 1 amide bonds. The zero-order chi connectivity index (χ0) is 19.6. The predicted molar refractivity (Wildman–Crippen MR) is 107 cm³/mol. The normalized spacial score (nSPS) is 13.4. The van der Waals surface area contributed by atoms with Crippen LogP contribution >= 0.6 is 11.6 Å². The number of carbonyl (C=O) groups is 2. The Kier molecular flexibility index (Phi) is 5.66. The van der Waals surface area contributed by atoms with Crippen LogP contribution in [0.15, 0.2) is 60.7 Å². The Balaban J connectivity index is 1.75. The number of benzene rings is 2. The minimum absolute atomic E-state index is 0.0268. The second kappa shape index (κ2) is 7.97. The summed E-state index contributed by atoms with van der Waals surface area (Å²) >= 11 is 5.66. The van der Waals surface area contributed by atoms with Gasteiger partial charge in [-0.15, -0.1) is 6.58 Å². The van der Waals surface area contributed by atoms with Crippen LogP contribution in [0.5, 0.6) is 0 Å². The number of carbonyl (C=O) groups excluding carboxylic acids is 2. The molecule has 0 bridgehead atoms. The van der Waals surface area contributed by atoms with Gasteiger partial charge in [-0.3, -0.25) is 9.69 Å². The standard InChI is InChI=1S/C22H22ClNO3/c1-14(2)12-20(21(23)25)24(3)22(26)27-13-19-17-10-6-4-8-15(17)16-9-5-7-11-18(16)19/h4-11,19-20H,1,12-13H2,2-3H3/t20-/m0/s1. The summed E-state index contributed by atoms with van der Waals surface area (Å²) in [6.45, 7) is 5.78. The van der Waals surface area contributed by atoms with E-state index >= 15 is 0 Å². The molecule has 0 saturated carbocycles. The quantitative estimate of drug-likeness (QED) is 0.522. The number of rotatable bonds is 6. The lowest BCUT2D eigenvalue weighted by Crippen LogP contribution is -2.41. The van der Waals surface area contributed by atoms with Crippen LogP contribution in [0.4, 0.5) is 4.79 Å². The number of nitrogens with zero attached hydrogens (tertiary/aromatic N) is 1. The Labute approximate surface area is 164 Å². The van der Waals surface area contributed by atoms with Crippen molar-refractivity contribution in [1.29, 1.82) is 0 Å². The Morgan fingerprint density at radius 3 is 2.11 bits per heavy atom. The number of fused-ring (bicyclic) bond motifs is 3. The highest BCUT2D eigenvalue weighted by Crippen LogP contribution is 2.44. The molecule has 2 aromatic carbocycles. The minimum Gasteiger partial charge on any atom is -0.448 e. The Morgan fingerprint density at radius 2 is 1.63 bits per heavy atom. The number of likely N-dealkylation sites (N-methyl/N-ethyl adjacent to an activating group) is 1. The zero-order valence-electron chi connectivity index (χ0n) is 15.4. The van der Waals surface area contributed by atoms with E-state index in [0.717, 1.165) is 16.7 Å². The van der Waals surface area contributed by atoms with Crippen LogP contribution in [0, 0.1) is 0 Å². The second-order valence-corrected chi connectivity index (χ2v) is 7.27. The molecule has 0 unspecified atom stereocenters. The highest BCUT2D eigenvalue weighted by Gasteiger charge is 2.31. The largest absolute Gasteiger partial charge is 0.448 e. The van der Waals surface area contributed by atoms with E-state index in [-0.39, 0.29) is 12.5 Å². The van der Waals surface area contributed by atoms with Gasteiger partial charge in [-0.05, 0) is 47.2 Å². The van der Waals surface area contributed by atoms with Gasteiger partial charge in [0.15, 0.2) is 0 Å². The summed E-state index contributed by atoms with van der Waals surface area (Å²) in [6.07, 6.45) is -0.264. The number of halogens is 1. The van der Waals surface area contributed by atoms with Gasteiger partial charge in [0, 0.05) is 13.0 Å². The lowest BCUT2D eigenvalue weighted by molar-refractivity contribution is -0.115. The van der Waals surface area contributed by atoms with Crippen molar-refractivity contribution in [2.75, 3.05) is 13.7 Å². The minimum atomic E-state index is -0.778. The molecule has 0 fully saturated rings. The van der Waals surface area contributed by atoms with Crippen molar-refractivity contribution in [2.24, 2.45) is 0 Å². The first-order chi connectivity index (χ1) is 12.9. The van der Waals surface area contributed by atoms with Crippen LogP contribution in [0.2, 0.25) is 0 Å². The smallest absolute Gasteiger partial charge is 0.410 e. The van der Waals surface area contributed by atoms with Crippen LogP contribution in [0.1, 0.15) is 30.4 Å². The molecule has 3 rings (SSSR count). The first-order valence-corrected chi connectivity index (χ1v) is 9.19. The molecule has 0 aromatic heterocycles. The van der Waals surface area contributed by atoms with Gasteiger partial charge in [0.05, 0.1) is 0 Å². The molecule has 0 radical (unpaired) electrons. The van der Waals surface area contributed by atoms with Crippen LogP contribution in [0.25, 0.3) is 11.1 Å². The molecule has 0 saturated heterocycles. The number of hydrogen-bond donors (Lipinski definition) is 0. The average Bonchev–Trinajstić information content (AvgIpc) is 2.97. The molecule has 1 aliphatic rings. The zero-order valence-corrected chi connectivity index (χ0v) is 16.2. The van der Waals surface area contributed by atoms with E-state index in [2.05, 4.69) is 30.8 Å². The van der Waals surface area contributed by atoms with Gasteiger partial charge in [-0.2, -0.15) is 0 Å². The van der Waals surface area contributed by atoms with Gasteiger partial charge in [0.25, 0.3) is 0 Å². The molecular weight excluding hydrogens is 362 g/mol. The average molecular weight is 384 g/mol. The third-order valence-electron chi connectivity index (χ3n) is 4.90. The van der Waals surface area contributed by atoms with Crippen molar-refractivity contribution < 1.29 is 14.3 Å². The molecule has 0 spiro atoms. The van der Waals surface area contributed by atoms with E-state index in [9.17, 15) is 9.59 Å². The van der Waals surface area contributed by atoms with E-state index < -0.39 is 17.4 Å². The van der Waals surface area contributed by atoms with Crippen molar-refractivity contribution in [3.8, 4) is 11.1 Å². The third kappa shape index (κ3) is 3.91. The summed E-state index contributed by atoms with van der Waals surface area (Å²) in [7, 11) is 1.52. The predicted octanol–water partition coefficient (Wildman–Crippen LogP) is 4.97. The fourth-order valence-electron chi connectivity index (χ4n) is 3.52. The van der Waals surface area contributed by atoms with E-state index in [4.69, 9.17) is 16.3 Å². The molecule has 4 nitrogen and oxygen atoms in total. The maximum atomic E-state index is 12.5. The summed E-state index contributed by atoms with van der Waals surface area (Å²) in [6, 6.07) is 15.5. The fraction of sp³-hybridized carbons (Fsp3) is 0.273. The van der Waals surface area contributed by atoms with Gasteiger partial charge in [-0.1, -0.05) is 54.1 Å². The molecule has 140 valence electrons. The van der Waals surface area contributed by atoms with Gasteiger partial charge < -0.3 is 4.74 Å². The summed E-state index contributed by atoms with van der Waals surface area (Å²) in [4.78, 5) is 25.4. The van der Waals surface area contributed by atoms with Crippen molar-refractivity contribution in [3.63, 3.8) is 0 Å². The number of amides is 1. The topological polar surface area (TPSA) is 46.6 Å². The van der Waals surface area contributed by atoms with Crippen LogP contribution in [-0.2, 0) is 9.53 Å². The molecule has 1 aliphatic carbocycles. The maximum absolute atomic E-state index is 12.5. The van der Waals surface area contributed by atoms with Crippen molar-refractivity contribution in [2.45, 2.75) is 25.3 Å². The molecule has 2 aromatic rings. The first kappa shape index (κ1) is 19.2. The van der Waals surface area contributed by atoms with Crippen LogP contribution in [0.3, 0.4) is 0 Å². The Morgan fingerprint density at radius 1 is 1.11 bits per heavy atom. The summed E-state index contributed by atoms with van der Waals surface area (Å²) < 4.78 is 5.56. The molecule has 0 heterocycles. The molecule has 1 atom stereocenters. The molecule has 27 heavy (non-hydrogen) atoms. The Hall–Kier alpha value is -2.59. The van der Waals surface area contributed by atoms with E-state index in [1.807, 2.05) is 24.3 Å². The highest BCUT2D eigenvalue weighted by molar-refractivity contribution is 6.64. The molecule has 0 aliphatic heterocycles. The summed E-state index contributed by atoms with van der Waals surface area (Å²) in [5, 5.41) is -0.603. The summed E-state index contributed by atoms with van der Waals surface area (Å²) in [5.41, 5.74) is 5.38. The van der Waals surface area contributed by atoms with Crippen molar-refractivity contribution in [3.05, 3.63) is 71.8 Å². The van der Waals surface area contributed by atoms with Crippen molar-refractivity contribution in [1.82, 2.24) is 4.90 Å². The maximum Gasteiger partial charge on any atom is 0.410 e. The lowest BCUT2D eigenvalue weighted by Gasteiger charge is -2.25. The van der Waals surface area contributed by atoms with E-state index in [1.54, 1.807) is 6.92 Å². The van der Waals surface area contributed by atoms with Crippen LogP contribution in [-0.4, -0.2) is 35.9 Å².